The number of hydrogen-bond donors (Lipinski definition) is 1. The van der Waals surface area contributed by atoms with Crippen molar-refractivity contribution in [2.24, 2.45) is 0 Å². The molecule has 6 heteroatoms. The molecule has 0 aliphatic carbocycles. The van der Waals surface area contributed by atoms with Gasteiger partial charge >= 0.3 is 5.97 Å². The summed E-state index contributed by atoms with van der Waals surface area (Å²) in [4.78, 5) is 10.6. The minimum atomic E-state index is -1.04. The Morgan fingerprint density at radius 3 is 2.42 bits per heavy atom. The van der Waals surface area contributed by atoms with Gasteiger partial charge in [0.05, 0.1) is 7.11 Å². The Morgan fingerprint density at radius 2 is 1.75 bits per heavy atom. The van der Waals surface area contributed by atoms with Gasteiger partial charge in [-0.2, -0.15) is 0 Å². The van der Waals surface area contributed by atoms with Gasteiger partial charge in [-0.05, 0) is 48.5 Å². The van der Waals surface area contributed by atoms with Crippen LogP contribution in [0.2, 0.25) is 5.02 Å². The topological polar surface area (TPSA) is 65.0 Å². The molecule has 2 aromatic carbocycles. The van der Waals surface area contributed by atoms with Crippen LogP contribution < -0.4 is 14.2 Å². The molecule has 0 atom stereocenters. The van der Waals surface area contributed by atoms with Crippen LogP contribution in [-0.2, 0) is 4.79 Å². The van der Waals surface area contributed by atoms with Crippen LogP contribution in [0.5, 0.6) is 17.2 Å². The van der Waals surface area contributed by atoms with Crippen molar-refractivity contribution in [2.45, 2.75) is 0 Å². The number of rotatable bonds is 8. The van der Waals surface area contributed by atoms with Gasteiger partial charge in [-0.25, -0.2) is 4.79 Å². The third-order valence-electron chi connectivity index (χ3n) is 3.05. The van der Waals surface area contributed by atoms with Crippen molar-refractivity contribution in [2.75, 3.05) is 20.3 Å². The zero-order chi connectivity index (χ0) is 17.4. The third-order valence-corrected chi connectivity index (χ3v) is 3.28. The van der Waals surface area contributed by atoms with Gasteiger partial charge < -0.3 is 19.3 Å². The predicted octanol–water partition coefficient (Wildman–Crippen LogP) is 3.90. The van der Waals surface area contributed by atoms with Crippen molar-refractivity contribution < 1.29 is 24.1 Å². The number of methoxy groups -OCH3 is 1. The maximum Gasteiger partial charge on any atom is 0.328 e. The maximum atomic E-state index is 10.6. The maximum absolute atomic E-state index is 10.6. The summed E-state index contributed by atoms with van der Waals surface area (Å²) in [6, 6.07) is 12.2. The summed E-state index contributed by atoms with van der Waals surface area (Å²) < 4.78 is 16.3. The summed E-state index contributed by atoms with van der Waals surface area (Å²) in [6.07, 6.45) is 2.47. The van der Waals surface area contributed by atoms with Crippen LogP contribution in [0.3, 0.4) is 0 Å². The Bertz CT molecular complexity index is 710. The van der Waals surface area contributed by atoms with Crippen LogP contribution in [0.25, 0.3) is 6.08 Å². The number of benzene rings is 2. The second-order valence-electron chi connectivity index (χ2n) is 4.73. The van der Waals surface area contributed by atoms with E-state index < -0.39 is 5.97 Å². The Morgan fingerprint density at radius 1 is 1.08 bits per heavy atom. The Hall–Kier alpha value is -2.66. The van der Waals surface area contributed by atoms with Crippen LogP contribution >= 0.6 is 11.6 Å². The number of ether oxygens (including phenoxy) is 3. The Balaban J connectivity index is 1.90. The largest absolute Gasteiger partial charge is 0.497 e. The molecule has 0 unspecified atom stereocenters. The van der Waals surface area contributed by atoms with Crippen molar-refractivity contribution >= 4 is 23.6 Å². The molecule has 2 aromatic rings. The van der Waals surface area contributed by atoms with Crippen molar-refractivity contribution in [3.8, 4) is 17.2 Å². The molecule has 0 radical (unpaired) electrons. The SMILES string of the molecule is COc1ccc(OCCOc2ccc(Cl)cc2C=CC(=O)O)cc1. The van der Waals surface area contributed by atoms with Crippen molar-refractivity contribution in [1.29, 1.82) is 0 Å². The highest BCUT2D eigenvalue weighted by molar-refractivity contribution is 6.30. The molecule has 0 saturated heterocycles. The quantitative estimate of drug-likeness (QED) is 0.579. The van der Waals surface area contributed by atoms with Gasteiger partial charge in [0.25, 0.3) is 0 Å². The molecule has 0 aliphatic heterocycles. The summed E-state index contributed by atoms with van der Waals surface area (Å²) in [5, 5.41) is 9.22. The molecule has 1 N–H and O–H groups in total. The molecule has 0 heterocycles. The third kappa shape index (κ3) is 5.52. The molecule has 0 fully saturated rings. The number of carboxylic acids is 1. The molecule has 0 bridgehead atoms. The van der Waals surface area contributed by atoms with E-state index >= 15 is 0 Å². The molecule has 0 amide bonds. The van der Waals surface area contributed by atoms with E-state index in [0.717, 1.165) is 11.8 Å². The minimum absolute atomic E-state index is 0.307. The van der Waals surface area contributed by atoms with E-state index in [1.54, 1.807) is 25.3 Å². The van der Waals surface area contributed by atoms with Gasteiger partial charge in [0.2, 0.25) is 0 Å². The first-order valence-corrected chi connectivity index (χ1v) is 7.56. The number of carboxylic acid groups (broad SMARTS) is 1. The first-order valence-electron chi connectivity index (χ1n) is 7.18. The molecule has 0 saturated carbocycles. The Labute approximate surface area is 145 Å². The second kappa shape index (κ2) is 8.84. The lowest BCUT2D eigenvalue weighted by Gasteiger charge is -2.11. The number of aliphatic carboxylic acids is 1. The predicted molar refractivity (Wildman–Crippen MR) is 92.1 cm³/mol. The second-order valence-corrected chi connectivity index (χ2v) is 5.16. The number of carbonyl (C=O) groups is 1. The molecule has 2 rings (SSSR count). The number of halogens is 1. The lowest BCUT2D eigenvalue weighted by Crippen LogP contribution is -2.09. The lowest BCUT2D eigenvalue weighted by molar-refractivity contribution is -0.131. The fourth-order valence-corrected chi connectivity index (χ4v) is 2.11. The smallest absolute Gasteiger partial charge is 0.328 e. The van der Waals surface area contributed by atoms with E-state index in [2.05, 4.69) is 0 Å². The van der Waals surface area contributed by atoms with E-state index in [9.17, 15) is 4.79 Å². The normalized spacial score (nSPS) is 10.6. The molecule has 24 heavy (non-hydrogen) atoms. The zero-order valence-electron chi connectivity index (χ0n) is 13.1. The van der Waals surface area contributed by atoms with Crippen LogP contribution in [-0.4, -0.2) is 31.4 Å². The van der Waals surface area contributed by atoms with Gasteiger partial charge in [0.15, 0.2) is 0 Å². The van der Waals surface area contributed by atoms with E-state index in [4.69, 9.17) is 30.9 Å². The van der Waals surface area contributed by atoms with Crippen molar-refractivity contribution in [3.05, 3.63) is 59.1 Å². The fourth-order valence-electron chi connectivity index (χ4n) is 1.93. The van der Waals surface area contributed by atoms with E-state index in [1.165, 1.54) is 6.08 Å². The van der Waals surface area contributed by atoms with Crippen LogP contribution in [0.1, 0.15) is 5.56 Å². The first kappa shape index (κ1) is 17.7. The summed E-state index contributed by atoms with van der Waals surface area (Å²) in [6.45, 7) is 0.651. The molecule has 0 aromatic heterocycles. The highest BCUT2D eigenvalue weighted by atomic mass is 35.5. The zero-order valence-corrected chi connectivity index (χ0v) is 13.8. The molecule has 5 nitrogen and oxygen atoms in total. The highest BCUT2D eigenvalue weighted by Gasteiger charge is 2.03. The summed E-state index contributed by atoms with van der Waals surface area (Å²) in [5.41, 5.74) is 0.592. The Kier molecular flexibility index (Phi) is 6.51. The van der Waals surface area contributed by atoms with Gasteiger partial charge in [-0.1, -0.05) is 11.6 Å². The monoisotopic (exact) mass is 348 g/mol. The van der Waals surface area contributed by atoms with Crippen molar-refractivity contribution in [1.82, 2.24) is 0 Å². The summed E-state index contributed by atoms with van der Waals surface area (Å²) in [7, 11) is 1.60. The molecule has 0 spiro atoms. The minimum Gasteiger partial charge on any atom is -0.497 e. The number of hydrogen-bond acceptors (Lipinski definition) is 4. The van der Waals surface area contributed by atoms with Crippen molar-refractivity contribution in [3.63, 3.8) is 0 Å². The van der Waals surface area contributed by atoms with E-state index in [0.29, 0.717) is 35.3 Å². The fraction of sp³-hybridized carbons (Fsp3) is 0.167. The lowest BCUT2D eigenvalue weighted by atomic mass is 10.2. The molecular weight excluding hydrogens is 332 g/mol. The van der Waals surface area contributed by atoms with Gasteiger partial charge in [-0.15, -0.1) is 0 Å². The summed E-state index contributed by atoms with van der Waals surface area (Å²) >= 11 is 5.93. The first-order chi connectivity index (χ1) is 11.6. The van der Waals surface area contributed by atoms with Crippen LogP contribution in [0.15, 0.2) is 48.5 Å². The van der Waals surface area contributed by atoms with Crippen LogP contribution in [0, 0.1) is 0 Å². The van der Waals surface area contributed by atoms with Gasteiger partial charge in [0.1, 0.15) is 30.5 Å². The highest BCUT2D eigenvalue weighted by Crippen LogP contribution is 2.24. The molecule has 0 aliphatic rings. The standard InChI is InChI=1S/C18H17ClO5/c1-22-15-4-6-16(7-5-15)23-10-11-24-17-8-3-14(19)12-13(17)2-9-18(20)21/h2-9,12H,10-11H2,1H3,(H,20,21). The van der Waals surface area contributed by atoms with E-state index in [1.807, 2.05) is 24.3 Å². The molecular formula is C18H17ClO5. The average Bonchev–Trinajstić information content (AvgIpc) is 2.58. The van der Waals surface area contributed by atoms with Gasteiger partial charge in [0, 0.05) is 16.7 Å². The van der Waals surface area contributed by atoms with E-state index in [-0.39, 0.29) is 0 Å². The average molecular weight is 349 g/mol. The van der Waals surface area contributed by atoms with Crippen LogP contribution in [0.4, 0.5) is 0 Å². The molecule has 126 valence electrons. The van der Waals surface area contributed by atoms with Gasteiger partial charge in [-0.3, -0.25) is 0 Å². The summed E-state index contributed by atoms with van der Waals surface area (Å²) in [5.74, 6) is 0.968.